The molecule has 0 aromatic heterocycles. The molecule has 0 aliphatic carbocycles. The van der Waals surface area contributed by atoms with Crippen LogP contribution in [0.25, 0.3) is 0 Å². The predicted octanol–water partition coefficient (Wildman–Crippen LogP) is 1.20. The van der Waals surface area contributed by atoms with Gasteiger partial charge in [-0.15, -0.1) is 0 Å². The van der Waals surface area contributed by atoms with Crippen molar-refractivity contribution in [2.45, 2.75) is 25.8 Å². The molecular formula is C9H19NOS. The van der Waals surface area contributed by atoms with Gasteiger partial charge in [-0.3, -0.25) is 4.90 Å². The minimum absolute atomic E-state index is 0.340. The fourth-order valence-electron chi connectivity index (χ4n) is 1.35. The monoisotopic (exact) mass is 189 g/mol. The van der Waals surface area contributed by atoms with E-state index < -0.39 is 0 Å². The molecule has 1 N–H and O–H groups in total. The maximum Gasteiger partial charge on any atom is 0.0438 e. The summed E-state index contributed by atoms with van der Waals surface area (Å²) >= 11 is 1.96. The quantitative estimate of drug-likeness (QED) is 0.635. The summed E-state index contributed by atoms with van der Waals surface area (Å²) in [5, 5.41) is 8.55. The van der Waals surface area contributed by atoms with E-state index >= 15 is 0 Å². The van der Waals surface area contributed by atoms with Gasteiger partial charge >= 0.3 is 0 Å². The van der Waals surface area contributed by atoms with Gasteiger partial charge in [-0.05, 0) is 32.1 Å². The van der Waals surface area contributed by atoms with Gasteiger partial charge in [0.1, 0.15) is 0 Å². The van der Waals surface area contributed by atoms with Crippen LogP contribution in [0.2, 0.25) is 0 Å². The Morgan fingerprint density at radius 3 is 2.83 bits per heavy atom. The van der Waals surface area contributed by atoms with Crippen LogP contribution in [0.1, 0.15) is 19.8 Å². The Bertz CT molecular complexity index is 121. The average Bonchev–Trinajstić information content (AvgIpc) is 2.08. The Labute approximate surface area is 79.3 Å². The van der Waals surface area contributed by atoms with Crippen LogP contribution in [0, 0.1) is 0 Å². The van der Waals surface area contributed by atoms with Crippen molar-refractivity contribution in [3.63, 3.8) is 0 Å². The summed E-state index contributed by atoms with van der Waals surface area (Å²) < 4.78 is 0. The van der Waals surface area contributed by atoms with Gasteiger partial charge in [-0.2, -0.15) is 11.8 Å². The normalized spacial score (nSPS) is 24.0. The highest BCUT2D eigenvalue weighted by atomic mass is 32.2. The number of nitrogens with zero attached hydrogens (tertiary/aromatic N) is 1. The second-order valence-corrected chi connectivity index (χ2v) is 4.59. The lowest BCUT2D eigenvalue weighted by atomic mass is 10.1. The van der Waals surface area contributed by atoms with Gasteiger partial charge in [0, 0.05) is 24.9 Å². The summed E-state index contributed by atoms with van der Waals surface area (Å²) in [6, 6.07) is 0.823. The summed E-state index contributed by atoms with van der Waals surface area (Å²) in [4.78, 5) is 2.52. The number of aliphatic hydroxyl groups is 1. The van der Waals surface area contributed by atoms with Crippen molar-refractivity contribution in [2.75, 3.05) is 31.2 Å². The molecule has 0 aromatic carbocycles. The molecule has 1 aliphatic rings. The molecule has 0 amide bonds. The highest BCUT2D eigenvalue weighted by Crippen LogP contribution is 2.16. The van der Waals surface area contributed by atoms with Crippen LogP contribution < -0.4 is 0 Å². The first-order valence-electron chi connectivity index (χ1n) is 4.77. The van der Waals surface area contributed by atoms with E-state index in [1.807, 2.05) is 11.8 Å². The van der Waals surface area contributed by atoms with Crippen molar-refractivity contribution in [1.29, 1.82) is 0 Å². The molecule has 0 spiro atoms. The molecule has 12 heavy (non-hydrogen) atoms. The van der Waals surface area contributed by atoms with Crippen LogP contribution in [0.3, 0.4) is 0 Å². The summed E-state index contributed by atoms with van der Waals surface area (Å²) in [6.07, 6.45) is 2.32. The van der Waals surface area contributed by atoms with Crippen LogP contribution in [-0.2, 0) is 0 Å². The topological polar surface area (TPSA) is 23.5 Å². The molecule has 0 saturated carbocycles. The molecule has 0 radical (unpaired) electrons. The zero-order valence-electron chi connectivity index (χ0n) is 7.83. The lowest BCUT2D eigenvalue weighted by Crippen LogP contribution is -2.46. The fraction of sp³-hybridized carbons (Fsp3) is 1.00. The summed E-state index contributed by atoms with van der Waals surface area (Å²) in [5.74, 6) is 2.34. The van der Waals surface area contributed by atoms with Crippen LogP contribution in [-0.4, -0.2) is 47.3 Å². The minimum Gasteiger partial charge on any atom is -0.396 e. The van der Waals surface area contributed by atoms with Crippen molar-refractivity contribution in [2.24, 2.45) is 0 Å². The standard InChI is InChI=1S/C9H19NOS/c1-9-3-4-10(9)5-8-12-7-2-6-11/h9,11H,2-8H2,1H3. The molecule has 1 rings (SSSR count). The molecule has 2 nitrogen and oxygen atoms in total. The molecule has 0 bridgehead atoms. The number of likely N-dealkylation sites (tertiary alicyclic amines) is 1. The smallest absolute Gasteiger partial charge is 0.0438 e. The Morgan fingerprint density at radius 2 is 2.33 bits per heavy atom. The van der Waals surface area contributed by atoms with Gasteiger partial charge in [0.15, 0.2) is 0 Å². The molecular weight excluding hydrogens is 170 g/mol. The molecule has 0 aromatic rings. The van der Waals surface area contributed by atoms with Gasteiger partial charge in [-0.25, -0.2) is 0 Å². The lowest BCUT2D eigenvalue weighted by Gasteiger charge is -2.38. The van der Waals surface area contributed by atoms with Crippen molar-refractivity contribution in [3.8, 4) is 0 Å². The molecule has 1 aliphatic heterocycles. The second kappa shape index (κ2) is 5.84. The Morgan fingerprint density at radius 1 is 1.50 bits per heavy atom. The third-order valence-electron chi connectivity index (χ3n) is 2.43. The second-order valence-electron chi connectivity index (χ2n) is 3.36. The van der Waals surface area contributed by atoms with E-state index in [0.717, 1.165) is 18.2 Å². The Kier molecular flexibility index (Phi) is 5.04. The van der Waals surface area contributed by atoms with Crippen LogP contribution in [0.4, 0.5) is 0 Å². The SMILES string of the molecule is CC1CCN1CCSCCCO. The molecule has 1 heterocycles. The first kappa shape index (κ1) is 10.4. The van der Waals surface area contributed by atoms with Crippen molar-refractivity contribution < 1.29 is 5.11 Å². The third kappa shape index (κ3) is 3.33. The van der Waals surface area contributed by atoms with Crippen molar-refractivity contribution >= 4 is 11.8 Å². The third-order valence-corrected chi connectivity index (χ3v) is 3.48. The van der Waals surface area contributed by atoms with E-state index in [9.17, 15) is 0 Å². The Hall–Kier alpha value is 0.270. The van der Waals surface area contributed by atoms with E-state index in [0.29, 0.717) is 6.61 Å². The predicted molar refractivity (Wildman–Crippen MR) is 54.7 cm³/mol. The molecule has 1 unspecified atom stereocenters. The van der Waals surface area contributed by atoms with E-state index in [-0.39, 0.29) is 0 Å². The van der Waals surface area contributed by atoms with Crippen molar-refractivity contribution in [1.82, 2.24) is 4.90 Å². The van der Waals surface area contributed by atoms with Gasteiger partial charge in [0.2, 0.25) is 0 Å². The van der Waals surface area contributed by atoms with E-state index in [1.54, 1.807) is 0 Å². The zero-order chi connectivity index (χ0) is 8.81. The number of rotatable bonds is 6. The van der Waals surface area contributed by atoms with Gasteiger partial charge in [0.05, 0.1) is 0 Å². The zero-order valence-corrected chi connectivity index (χ0v) is 8.65. The summed E-state index contributed by atoms with van der Waals surface area (Å²) in [5.41, 5.74) is 0. The minimum atomic E-state index is 0.340. The number of hydrogen-bond acceptors (Lipinski definition) is 3. The largest absolute Gasteiger partial charge is 0.396 e. The highest BCUT2D eigenvalue weighted by molar-refractivity contribution is 7.99. The average molecular weight is 189 g/mol. The Balaban J connectivity index is 1.82. The first-order valence-corrected chi connectivity index (χ1v) is 5.92. The van der Waals surface area contributed by atoms with E-state index in [2.05, 4.69) is 11.8 Å². The molecule has 1 atom stereocenters. The van der Waals surface area contributed by atoms with Crippen LogP contribution in [0.15, 0.2) is 0 Å². The fourth-order valence-corrected chi connectivity index (χ4v) is 2.25. The molecule has 72 valence electrons. The molecule has 1 fully saturated rings. The van der Waals surface area contributed by atoms with Crippen LogP contribution in [0.5, 0.6) is 0 Å². The maximum absolute atomic E-state index is 8.55. The van der Waals surface area contributed by atoms with Crippen LogP contribution >= 0.6 is 11.8 Å². The van der Waals surface area contributed by atoms with Gasteiger partial charge in [0.25, 0.3) is 0 Å². The van der Waals surface area contributed by atoms with E-state index in [1.165, 1.54) is 25.3 Å². The number of hydrogen-bond donors (Lipinski definition) is 1. The molecule has 1 saturated heterocycles. The summed E-state index contributed by atoms with van der Waals surface area (Å²) in [6.45, 7) is 5.16. The van der Waals surface area contributed by atoms with Gasteiger partial charge < -0.3 is 5.11 Å². The van der Waals surface area contributed by atoms with Crippen molar-refractivity contribution in [3.05, 3.63) is 0 Å². The van der Waals surface area contributed by atoms with Gasteiger partial charge in [-0.1, -0.05) is 0 Å². The van der Waals surface area contributed by atoms with E-state index in [4.69, 9.17) is 5.11 Å². The summed E-state index contributed by atoms with van der Waals surface area (Å²) in [7, 11) is 0. The highest BCUT2D eigenvalue weighted by Gasteiger charge is 2.21. The number of thioether (sulfide) groups is 1. The number of aliphatic hydroxyl groups excluding tert-OH is 1. The maximum atomic E-state index is 8.55. The lowest BCUT2D eigenvalue weighted by molar-refractivity contribution is 0.114. The molecule has 3 heteroatoms. The first-order chi connectivity index (χ1) is 5.84.